The van der Waals surface area contributed by atoms with Gasteiger partial charge in [-0.2, -0.15) is 0 Å². The van der Waals surface area contributed by atoms with Crippen LogP contribution in [0, 0.1) is 27.7 Å². The van der Waals surface area contributed by atoms with Gasteiger partial charge in [-0.25, -0.2) is 0 Å². The van der Waals surface area contributed by atoms with Crippen molar-refractivity contribution in [3.05, 3.63) is 52.3 Å². The summed E-state index contributed by atoms with van der Waals surface area (Å²) in [6.07, 6.45) is 0. The zero-order valence-corrected chi connectivity index (χ0v) is 13.6. The summed E-state index contributed by atoms with van der Waals surface area (Å²) in [5.74, 6) is 0.700. The molecular weight excluding hydrogens is 266 g/mol. The maximum Gasteiger partial charge on any atom is 0.174 e. The van der Waals surface area contributed by atoms with Crippen LogP contribution in [0.25, 0.3) is 0 Å². The number of aromatic nitrogens is 1. The lowest BCUT2D eigenvalue weighted by Crippen LogP contribution is -2.04. The summed E-state index contributed by atoms with van der Waals surface area (Å²) in [7, 11) is 2.00. The Kier molecular flexibility index (Phi) is 4.39. The number of carbonyl (C=O) groups excluding carboxylic acids is 1. The first kappa shape index (κ1) is 14.9. The smallest absolute Gasteiger partial charge is 0.174 e. The van der Waals surface area contributed by atoms with Gasteiger partial charge < -0.3 is 4.57 Å². The molecule has 0 bridgehead atoms. The summed E-state index contributed by atoms with van der Waals surface area (Å²) in [6.45, 7) is 8.20. The van der Waals surface area contributed by atoms with E-state index in [0.29, 0.717) is 5.75 Å². The van der Waals surface area contributed by atoms with Gasteiger partial charge in [-0.05, 0) is 45.4 Å². The highest BCUT2D eigenvalue weighted by Crippen LogP contribution is 2.25. The van der Waals surface area contributed by atoms with E-state index in [1.54, 1.807) is 11.8 Å². The number of carbonyl (C=O) groups is 1. The van der Waals surface area contributed by atoms with E-state index in [0.717, 1.165) is 17.0 Å². The van der Waals surface area contributed by atoms with Crippen molar-refractivity contribution >= 4 is 17.5 Å². The molecule has 3 heteroatoms. The van der Waals surface area contributed by atoms with Gasteiger partial charge in [-0.1, -0.05) is 17.7 Å². The third-order valence-corrected chi connectivity index (χ3v) is 4.94. The maximum atomic E-state index is 12.4. The van der Waals surface area contributed by atoms with Gasteiger partial charge in [-0.15, -0.1) is 11.8 Å². The maximum absolute atomic E-state index is 12.4. The molecule has 0 aliphatic rings. The van der Waals surface area contributed by atoms with Crippen molar-refractivity contribution in [3.8, 4) is 0 Å². The monoisotopic (exact) mass is 287 g/mol. The molecule has 106 valence electrons. The Morgan fingerprint density at radius 2 is 1.85 bits per heavy atom. The molecule has 1 aromatic carbocycles. The SMILES string of the molecule is Cc1ccc(C)c(SCC(=O)c2cc(C)n(C)c2C)c1. The van der Waals surface area contributed by atoms with Crippen LogP contribution in [0.4, 0.5) is 0 Å². The predicted octanol–water partition coefficient (Wildman–Crippen LogP) is 4.23. The molecular formula is C17H21NOS. The number of nitrogens with zero attached hydrogens (tertiary/aromatic N) is 1. The van der Waals surface area contributed by atoms with Crippen molar-refractivity contribution in [1.29, 1.82) is 0 Å². The van der Waals surface area contributed by atoms with Crippen molar-refractivity contribution < 1.29 is 4.79 Å². The fourth-order valence-electron chi connectivity index (χ4n) is 2.22. The van der Waals surface area contributed by atoms with Crippen LogP contribution in [0.3, 0.4) is 0 Å². The molecule has 0 fully saturated rings. The largest absolute Gasteiger partial charge is 0.351 e. The van der Waals surface area contributed by atoms with Crippen LogP contribution < -0.4 is 0 Å². The van der Waals surface area contributed by atoms with Crippen LogP contribution in [0.2, 0.25) is 0 Å². The molecule has 0 atom stereocenters. The van der Waals surface area contributed by atoms with E-state index in [2.05, 4.69) is 36.6 Å². The summed E-state index contributed by atoms with van der Waals surface area (Å²) in [5, 5.41) is 0. The molecule has 0 aliphatic heterocycles. The van der Waals surface area contributed by atoms with Gasteiger partial charge >= 0.3 is 0 Å². The Balaban J connectivity index is 2.12. The van der Waals surface area contributed by atoms with Crippen molar-refractivity contribution in [2.24, 2.45) is 7.05 Å². The van der Waals surface area contributed by atoms with Crippen molar-refractivity contribution in [3.63, 3.8) is 0 Å². The van der Waals surface area contributed by atoms with Crippen LogP contribution in [0.15, 0.2) is 29.2 Å². The van der Waals surface area contributed by atoms with Gasteiger partial charge in [0.25, 0.3) is 0 Å². The van der Waals surface area contributed by atoms with E-state index in [4.69, 9.17) is 0 Å². The second-order valence-electron chi connectivity index (χ2n) is 5.32. The minimum absolute atomic E-state index is 0.206. The zero-order valence-electron chi connectivity index (χ0n) is 12.8. The fraction of sp³-hybridized carbons (Fsp3) is 0.353. The highest BCUT2D eigenvalue weighted by atomic mass is 32.2. The number of aryl methyl sites for hydroxylation is 3. The molecule has 0 saturated carbocycles. The van der Waals surface area contributed by atoms with Gasteiger partial charge in [-0.3, -0.25) is 4.79 Å². The number of ketones is 1. The van der Waals surface area contributed by atoms with Crippen LogP contribution in [-0.2, 0) is 7.05 Å². The normalized spacial score (nSPS) is 10.8. The van der Waals surface area contributed by atoms with Gasteiger partial charge in [0.1, 0.15) is 0 Å². The zero-order chi connectivity index (χ0) is 14.9. The third-order valence-electron chi connectivity index (χ3n) is 3.78. The molecule has 0 unspecified atom stereocenters. The number of benzene rings is 1. The van der Waals surface area contributed by atoms with Crippen molar-refractivity contribution in [2.75, 3.05) is 5.75 Å². The Bertz CT molecular complexity index is 655. The van der Waals surface area contributed by atoms with Crippen LogP contribution >= 0.6 is 11.8 Å². The quantitative estimate of drug-likeness (QED) is 0.620. The average molecular weight is 287 g/mol. The molecule has 0 saturated heterocycles. The van der Waals surface area contributed by atoms with Crippen molar-refractivity contribution in [2.45, 2.75) is 32.6 Å². The third kappa shape index (κ3) is 2.98. The molecule has 2 nitrogen and oxygen atoms in total. The number of hydrogen-bond acceptors (Lipinski definition) is 2. The molecule has 1 heterocycles. The van der Waals surface area contributed by atoms with Crippen LogP contribution in [-0.4, -0.2) is 16.1 Å². The minimum Gasteiger partial charge on any atom is -0.351 e. The minimum atomic E-state index is 0.206. The molecule has 0 amide bonds. The molecule has 0 N–H and O–H groups in total. The fourth-order valence-corrected chi connectivity index (χ4v) is 3.23. The molecule has 2 rings (SSSR count). The lowest BCUT2D eigenvalue weighted by molar-refractivity contribution is 0.102. The first-order chi connectivity index (χ1) is 9.40. The van der Waals surface area contributed by atoms with Gasteiger partial charge in [0.15, 0.2) is 5.78 Å². The van der Waals surface area contributed by atoms with E-state index in [1.807, 2.05) is 27.0 Å². The second-order valence-corrected chi connectivity index (χ2v) is 6.34. The van der Waals surface area contributed by atoms with E-state index in [9.17, 15) is 4.79 Å². The van der Waals surface area contributed by atoms with Gasteiger partial charge in [0.2, 0.25) is 0 Å². The number of Topliss-reactive ketones (excluding diaryl/α,β-unsaturated/α-hetero) is 1. The first-order valence-electron chi connectivity index (χ1n) is 6.76. The Morgan fingerprint density at radius 3 is 2.45 bits per heavy atom. The Hall–Kier alpha value is -1.48. The molecule has 1 aromatic heterocycles. The van der Waals surface area contributed by atoms with Crippen LogP contribution in [0.5, 0.6) is 0 Å². The highest BCUT2D eigenvalue weighted by Gasteiger charge is 2.14. The highest BCUT2D eigenvalue weighted by molar-refractivity contribution is 8.00. The van der Waals surface area contributed by atoms with E-state index >= 15 is 0 Å². The number of hydrogen-bond donors (Lipinski definition) is 0. The standard InChI is InChI=1S/C17H21NOS/c1-11-6-7-12(2)17(8-11)20-10-16(19)15-9-13(3)18(5)14(15)4/h6-9H,10H2,1-5H3. The van der Waals surface area contributed by atoms with E-state index in [1.165, 1.54) is 16.0 Å². The van der Waals surface area contributed by atoms with Crippen LogP contribution in [0.1, 0.15) is 32.9 Å². The molecule has 0 spiro atoms. The van der Waals surface area contributed by atoms with Crippen molar-refractivity contribution in [1.82, 2.24) is 4.57 Å². The lowest BCUT2D eigenvalue weighted by Gasteiger charge is -2.06. The summed E-state index contributed by atoms with van der Waals surface area (Å²) in [5.41, 5.74) is 5.49. The van der Waals surface area contributed by atoms with E-state index in [-0.39, 0.29) is 5.78 Å². The number of thioether (sulfide) groups is 1. The van der Waals surface area contributed by atoms with E-state index < -0.39 is 0 Å². The lowest BCUT2D eigenvalue weighted by atomic mass is 10.2. The second kappa shape index (κ2) is 5.88. The molecule has 2 aromatic rings. The Labute approximate surface area is 125 Å². The first-order valence-corrected chi connectivity index (χ1v) is 7.75. The van der Waals surface area contributed by atoms with Gasteiger partial charge in [0.05, 0.1) is 5.75 Å². The molecule has 0 radical (unpaired) electrons. The summed E-state index contributed by atoms with van der Waals surface area (Å²) in [6, 6.07) is 8.35. The Morgan fingerprint density at radius 1 is 1.15 bits per heavy atom. The average Bonchev–Trinajstić information content (AvgIpc) is 2.67. The molecule has 0 aliphatic carbocycles. The van der Waals surface area contributed by atoms with Gasteiger partial charge in [0, 0.05) is 28.9 Å². The predicted molar refractivity (Wildman–Crippen MR) is 85.9 cm³/mol. The number of rotatable bonds is 4. The summed E-state index contributed by atoms with van der Waals surface area (Å²) >= 11 is 1.63. The summed E-state index contributed by atoms with van der Waals surface area (Å²) < 4.78 is 2.07. The molecule has 20 heavy (non-hydrogen) atoms. The summed E-state index contributed by atoms with van der Waals surface area (Å²) in [4.78, 5) is 13.6. The topological polar surface area (TPSA) is 22.0 Å².